The van der Waals surface area contributed by atoms with Crippen LogP contribution < -0.4 is 0 Å². The Labute approximate surface area is 134 Å². The van der Waals surface area contributed by atoms with Gasteiger partial charge in [0.25, 0.3) is 0 Å². The van der Waals surface area contributed by atoms with Crippen molar-refractivity contribution in [1.82, 2.24) is 4.31 Å². The highest BCUT2D eigenvalue weighted by Crippen LogP contribution is 2.40. The Balaban J connectivity index is 1.84. The normalized spacial score (nSPS) is 21.7. The Morgan fingerprint density at radius 1 is 0.900 bits per heavy atom. The van der Waals surface area contributed by atoms with Gasteiger partial charge in [-0.25, -0.2) is 8.42 Å². The quantitative estimate of drug-likeness (QED) is 0.710. The first-order chi connectivity index (χ1) is 9.48. The van der Waals surface area contributed by atoms with Gasteiger partial charge in [0.05, 0.1) is 10.9 Å². The second-order valence-electron chi connectivity index (χ2n) is 4.60. The van der Waals surface area contributed by atoms with Gasteiger partial charge in [-0.2, -0.15) is 4.31 Å². The summed E-state index contributed by atoms with van der Waals surface area (Å²) in [7, 11) is -3.39. The van der Waals surface area contributed by atoms with Gasteiger partial charge in [-0.15, -0.1) is 0 Å². The van der Waals surface area contributed by atoms with Gasteiger partial charge >= 0.3 is 0 Å². The van der Waals surface area contributed by atoms with Gasteiger partial charge in [0.15, 0.2) is 0 Å². The van der Waals surface area contributed by atoms with Crippen molar-refractivity contribution in [3.8, 4) is 0 Å². The lowest BCUT2D eigenvalue weighted by Crippen LogP contribution is -2.12. The van der Waals surface area contributed by atoms with Crippen LogP contribution in [0.5, 0.6) is 0 Å². The molecule has 1 aliphatic heterocycles. The van der Waals surface area contributed by atoms with E-state index in [0.29, 0.717) is 11.4 Å². The molecule has 0 spiro atoms. The molecule has 0 N–H and O–H groups in total. The fraction of sp³-hybridized carbons (Fsp3) is 0.143. The lowest BCUT2D eigenvalue weighted by Gasteiger charge is -2.06. The second kappa shape index (κ2) is 5.26. The van der Waals surface area contributed by atoms with Crippen LogP contribution in [0.3, 0.4) is 0 Å². The van der Waals surface area contributed by atoms with Crippen molar-refractivity contribution >= 4 is 41.9 Å². The van der Waals surface area contributed by atoms with E-state index < -0.39 is 10.0 Å². The van der Waals surface area contributed by atoms with Gasteiger partial charge in [0, 0.05) is 15.5 Å². The van der Waals surface area contributed by atoms with Gasteiger partial charge < -0.3 is 0 Å². The van der Waals surface area contributed by atoms with Gasteiger partial charge in [-0.3, -0.25) is 0 Å². The van der Waals surface area contributed by atoms with Gasteiger partial charge in [-0.05, 0) is 42.0 Å². The number of rotatable bonds is 3. The van der Waals surface area contributed by atoms with E-state index >= 15 is 0 Å². The van der Waals surface area contributed by atoms with Crippen molar-refractivity contribution < 1.29 is 8.42 Å². The molecule has 0 saturated carbocycles. The zero-order valence-corrected chi connectivity index (χ0v) is 14.3. The number of hydrogen-bond acceptors (Lipinski definition) is 2. The molecule has 2 aromatic carbocycles. The van der Waals surface area contributed by atoms with Crippen LogP contribution in [0.4, 0.5) is 0 Å². The number of sulfonamides is 1. The summed E-state index contributed by atoms with van der Waals surface area (Å²) in [6, 6.07) is 14.4. The van der Waals surface area contributed by atoms with Crippen molar-refractivity contribution in [2.75, 3.05) is 6.54 Å². The predicted octanol–water partition coefficient (Wildman–Crippen LogP) is 3.96. The minimum absolute atomic E-state index is 0.0447. The average Bonchev–Trinajstić information content (AvgIpc) is 3.21. The third-order valence-electron chi connectivity index (χ3n) is 3.24. The van der Waals surface area contributed by atoms with Crippen LogP contribution in [0.1, 0.15) is 11.6 Å². The van der Waals surface area contributed by atoms with E-state index in [4.69, 9.17) is 0 Å². The van der Waals surface area contributed by atoms with Crippen LogP contribution in [0.2, 0.25) is 0 Å². The number of nitrogens with zero attached hydrogens (tertiary/aromatic N) is 1. The standard InChI is InChI=1S/C14H11Br2NO2S/c15-11-3-1-10(2-4-11)14-9-17(14)20(18,19)13-7-5-12(16)6-8-13/h1-8,14H,9H2. The molecular weight excluding hydrogens is 406 g/mol. The first kappa shape index (κ1) is 14.3. The topological polar surface area (TPSA) is 37.1 Å². The maximum Gasteiger partial charge on any atom is 0.243 e. The molecule has 20 heavy (non-hydrogen) atoms. The van der Waals surface area contributed by atoms with Crippen LogP contribution in [0.25, 0.3) is 0 Å². The number of benzene rings is 2. The largest absolute Gasteiger partial charge is 0.243 e. The average molecular weight is 417 g/mol. The number of halogens is 2. The lowest BCUT2D eigenvalue weighted by atomic mass is 10.2. The first-order valence-corrected chi connectivity index (χ1v) is 9.04. The summed E-state index contributed by atoms with van der Waals surface area (Å²) in [6.45, 7) is 0.542. The van der Waals surface area contributed by atoms with Crippen LogP contribution in [-0.2, 0) is 10.0 Å². The summed E-state index contributed by atoms with van der Waals surface area (Å²) in [5.41, 5.74) is 1.02. The maximum atomic E-state index is 12.5. The molecule has 2 aromatic rings. The SMILES string of the molecule is O=S(=O)(c1ccc(Br)cc1)N1CC1c1ccc(Br)cc1. The number of hydrogen-bond donors (Lipinski definition) is 0. The molecule has 0 aliphatic carbocycles. The van der Waals surface area contributed by atoms with Crippen LogP contribution in [0.15, 0.2) is 62.4 Å². The van der Waals surface area contributed by atoms with E-state index in [2.05, 4.69) is 31.9 Å². The molecule has 0 bridgehead atoms. The first-order valence-electron chi connectivity index (χ1n) is 6.01. The minimum Gasteiger partial charge on any atom is -0.207 e. The summed E-state index contributed by atoms with van der Waals surface area (Å²) in [4.78, 5) is 0.334. The van der Waals surface area contributed by atoms with E-state index in [1.165, 1.54) is 4.31 Å². The summed E-state index contributed by atoms with van der Waals surface area (Å²) < 4.78 is 28.3. The molecule has 1 saturated heterocycles. The summed E-state index contributed by atoms with van der Waals surface area (Å²) >= 11 is 6.68. The van der Waals surface area contributed by atoms with E-state index in [-0.39, 0.29) is 6.04 Å². The minimum atomic E-state index is -3.39. The Kier molecular flexibility index (Phi) is 3.75. The third kappa shape index (κ3) is 2.70. The molecule has 6 heteroatoms. The Bertz CT molecular complexity index is 727. The monoisotopic (exact) mass is 415 g/mol. The Morgan fingerprint density at radius 2 is 1.40 bits per heavy atom. The van der Waals surface area contributed by atoms with Crippen molar-refractivity contribution in [2.24, 2.45) is 0 Å². The highest BCUT2D eigenvalue weighted by Gasteiger charge is 2.45. The molecule has 2 unspecified atom stereocenters. The molecule has 0 aromatic heterocycles. The summed E-state index contributed by atoms with van der Waals surface area (Å²) in [5, 5.41) is 0. The van der Waals surface area contributed by atoms with E-state index in [0.717, 1.165) is 14.5 Å². The van der Waals surface area contributed by atoms with Crippen LogP contribution in [-0.4, -0.2) is 19.3 Å². The maximum absolute atomic E-state index is 12.5. The van der Waals surface area contributed by atoms with Crippen molar-refractivity contribution in [3.63, 3.8) is 0 Å². The molecule has 1 heterocycles. The Hall–Kier alpha value is -0.690. The fourth-order valence-electron chi connectivity index (χ4n) is 2.09. The molecule has 0 amide bonds. The van der Waals surface area contributed by atoms with Crippen LogP contribution in [0, 0.1) is 0 Å². The third-order valence-corrected chi connectivity index (χ3v) is 6.19. The highest BCUT2D eigenvalue weighted by atomic mass is 79.9. The molecule has 0 radical (unpaired) electrons. The zero-order valence-electron chi connectivity index (χ0n) is 10.3. The molecular formula is C14H11Br2NO2S. The second-order valence-corrected chi connectivity index (χ2v) is 8.32. The predicted molar refractivity (Wildman–Crippen MR) is 84.9 cm³/mol. The molecule has 1 aliphatic rings. The molecule has 1 fully saturated rings. The van der Waals surface area contributed by atoms with Crippen molar-refractivity contribution in [3.05, 3.63) is 63.0 Å². The van der Waals surface area contributed by atoms with Gasteiger partial charge in [0.1, 0.15) is 0 Å². The molecule has 3 rings (SSSR count). The van der Waals surface area contributed by atoms with E-state index in [1.807, 2.05) is 24.3 Å². The van der Waals surface area contributed by atoms with Gasteiger partial charge in [-0.1, -0.05) is 44.0 Å². The molecule has 2 atom stereocenters. The highest BCUT2D eigenvalue weighted by molar-refractivity contribution is 9.10. The summed E-state index contributed by atoms with van der Waals surface area (Å²) in [6.07, 6.45) is 0. The van der Waals surface area contributed by atoms with E-state index in [1.54, 1.807) is 24.3 Å². The fourth-order valence-corrected chi connectivity index (χ4v) is 4.16. The van der Waals surface area contributed by atoms with Gasteiger partial charge in [0.2, 0.25) is 10.0 Å². The molecule has 3 nitrogen and oxygen atoms in total. The van der Waals surface area contributed by atoms with Crippen molar-refractivity contribution in [2.45, 2.75) is 10.9 Å². The van der Waals surface area contributed by atoms with Crippen molar-refractivity contribution in [1.29, 1.82) is 0 Å². The molecule has 104 valence electrons. The van der Waals surface area contributed by atoms with E-state index in [9.17, 15) is 8.42 Å². The Morgan fingerprint density at radius 3 is 1.95 bits per heavy atom. The summed E-state index contributed by atoms with van der Waals surface area (Å²) in [5.74, 6) is 0. The zero-order chi connectivity index (χ0) is 14.3. The lowest BCUT2D eigenvalue weighted by molar-refractivity contribution is 0.554. The smallest absolute Gasteiger partial charge is 0.207 e. The van der Waals surface area contributed by atoms with Crippen LogP contribution >= 0.6 is 31.9 Å².